The van der Waals surface area contributed by atoms with E-state index in [1.807, 2.05) is 57.2 Å². The maximum absolute atomic E-state index is 12.9. The van der Waals surface area contributed by atoms with E-state index >= 15 is 0 Å². The SMILES string of the molecule is CCC(C)n1c(SCC(=O)NCc2ccccc2)nc2cc(C)[nH]c2c1=O. The molecule has 3 rings (SSSR count). The van der Waals surface area contributed by atoms with E-state index in [2.05, 4.69) is 15.3 Å². The van der Waals surface area contributed by atoms with Crippen molar-refractivity contribution < 1.29 is 4.79 Å². The zero-order valence-electron chi connectivity index (χ0n) is 15.8. The number of carbonyl (C=O) groups is 1. The fraction of sp³-hybridized carbons (Fsp3) is 0.350. The van der Waals surface area contributed by atoms with Crippen molar-refractivity contribution in [3.8, 4) is 0 Å². The second kappa shape index (κ2) is 8.43. The van der Waals surface area contributed by atoms with Crippen molar-refractivity contribution in [2.24, 2.45) is 0 Å². The van der Waals surface area contributed by atoms with Crippen molar-refractivity contribution in [3.63, 3.8) is 0 Å². The molecule has 6 nitrogen and oxygen atoms in total. The summed E-state index contributed by atoms with van der Waals surface area (Å²) in [4.78, 5) is 32.9. The number of hydrogen-bond donors (Lipinski definition) is 2. The number of aromatic nitrogens is 3. The van der Waals surface area contributed by atoms with Gasteiger partial charge in [-0.1, -0.05) is 49.0 Å². The van der Waals surface area contributed by atoms with Crippen molar-refractivity contribution >= 4 is 28.7 Å². The largest absolute Gasteiger partial charge is 0.353 e. The van der Waals surface area contributed by atoms with Gasteiger partial charge in [-0.15, -0.1) is 0 Å². The number of benzene rings is 1. The molecule has 0 bridgehead atoms. The van der Waals surface area contributed by atoms with Crippen molar-refractivity contribution in [1.82, 2.24) is 19.9 Å². The van der Waals surface area contributed by atoms with E-state index in [4.69, 9.17) is 0 Å². The molecule has 142 valence electrons. The zero-order chi connectivity index (χ0) is 19.4. The quantitative estimate of drug-likeness (QED) is 0.483. The molecule has 3 aromatic rings. The first kappa shape index (κ1) is 19.2. The van der Waals surface area contributed by atoms with Crippen LogP contribution < -0.4 is 10.9 Å². The lowest BCUT2D eigenvalue weighted by molar-refractivity contribution is -0.118. The third-order valence-corrected chi connectivity index (χ3v) is 5.44. The van der Waals surface area contributed by atoms with E-state index in [9.17, 15) is 9.59 Å². The van der Waals surface area contributed by atoms with Crippen LogP contribution in [-0.4, -0.2) is 26.2 Å². The highest BCUT2D eigenvalue weighted by Gasteiger charge is 2.17. The summed E-state index contributed by atoms with van der Waals surface area (Å²) in [6.45, 7) is 6.41. The molecule has 0 saturated carbocycles. The second-order valence-corrected chi connectivity index (χ2v) is 7.53. The number of aromatic amines is 1. The van der Waals surface area contributed by atoms with E-state index in [0.717, 1.165) is 17.7 Å². The Labute approximate surface area is 162 Å². The van der Waals surface area contributed by atoms with Crippen LogP contribution in [0.4, 0.5) is 0 Å². The lowest BCUT2D eigenvalue weighted by Gasteiger charge is -2.17. The first-order valence-electron chi connectivity index (χ1n) is 9.05. The zero-order valence-corrected chi connectivity index (χ0v) is 16.6. The number of fused-ring (bicyclic) bond motifs is 1. The number of rotatable bonds is 7. The Balaban J connectivity index is 1.77. The van der Waals surface area contributed by atoms with Gasteiger partial charge in [-0.3, -0.25) is 14.2 Å². The van der Waals surface area contributed by atoms with E-state index < -0.39 is 0 Å². The summed E-state index contributed by atoms with van der Waals surface area (Å²) >= 11 is 1.30. The van der Waals surface area contributed by atoms with Gasteiger partial charge in [0.05, 0.1) is 11.3 Å². The molecule has 2 N–H and O–H groups in total. The molecule has 0 aliphatic heterocycles. The molecule has 27 heavy (non-hydrogen) atoms. The van der Waals surface area contributed by atoms with Gasteiger partial charge < -0.3 is 10.3 Å². The number of amides is 1. The van der Waals surface area contributed by atoms with Crippen LogP contribution >= 0.6 is 11.8 Å². The van der Waals surface area contributed by atoms with Crippen LogP contribution in [-0.2, 0) is 11.3 Å². The lowest BCUT2D eigenvalue weighted by Crippen LogP contribution is -2.28. The molecule has 2 heterocycles. The topological polar surface area (TPSA) is 79.8 Å². The normalized spacial score (nSPS) is 12.3. The minimum absolute atomic E-state index is 0.00730. The molecule has 0 aliphatic rings. The number of carbonyl (C=O) groups excluding carboxylic acids is 1. The van der Waals surface area contributed by atoms with Crippen LogP contribution in [0.15, 0.2) is 46.3 Å². The molecule has 1 amide bonds. The van der Waals surface area contributed by atoms with Crippen molar-refractivity contribution in [1.29, 1.82) is 0 Å². The van der Waals surface area contributed by atoms with Crippen molar-refractivity contribution in [2.75, 3.05) is 5.75 Å². The summed E-state index contributed by atoms with van der Waals surface area (Å²) < 4.78 is 1.69. The summed E-state index contributed by atoms with van der Waals surface area (Å²) in [6.07, 6.45) is 0.806. The van der Waals surface area contributed by atoms with Crippen LogP contribution in [0, 0.1) is 6.92 Å². The molecular formula is C20H24N4O2S. The number of aryl methyl sites for hydroxylation is 1. The average Bonchev–Trinajstić information content (AvgIpc) is 3.05. The van der Waals surface area contributed by atoms with Gasteiger partial charge in [0.15, 0.2) is 5.16 Å². The Morgan fingerprint density at radius 1 is 1.33 bits per heavy atom. The Morgan fingerprint density at radius 2 is 2.07 bits per heavy atom. The molecule has 0 saturated heterocycles. The van der Waals surface area contributed by atoms with E-state index in [-0.39, 0.29) is 23.3 Å². The van der Waals surface area contributed by atoms with Gasteiger partial charge >= 0.3 is 0 Å². The maximum Gasteiger partial charge on any atom is 0.278 e. The minimum atomic E-state index is -0.0883. The monoisotopic (exact) mass is 384 g/mol. The predicted octanol–water partition coefficient (Wildman–Crippen LogP) is 3.41. The van der Waals surface area contributed by atoms with Gasteiger partial charge in [-0.05, 0) is 31.9 Å². The summed E-state index contributed by atoms with van der Waals surface area (Å²) in [6, 6.07) is 11.6. The average molecular weight is 385 g/mol. The van der Waals surface area contributed by atoms with E-state index in [0.29, 0.717) is 22.7 Å². The van der Waals surface area contributed by atoms with Crippen LogP contribution in [0.1, 0.15) is 37.6 Å². The number of nitrogens with zero attached hydrogens (tertiary/aromatic N) is 2. The molecule has 1 atom stereocenters. The molecule has 0 spiro atoms. The first-order chi connectivity index (χ1) is 13.0. The Morgan fingerprint density at radius 3 is 2.78 bits per heavy atom. The van der Waals surface area contributed by atoms with Crippen LogP contribution in [0.3, 0.4) is 0 Å². The van der Waals surface area contributed by atoms with Crippen LogP contribution in [0.25, 0.3) is 11.0 Å². The second-order valence-electron chi connectivity index (χ2n) is 6.59. The number of hydrogen-bond acceptors (Lipinski definition) is 4. The summed E-state index contributed by atoms with van der Waals surface area (Å²) in [7, 11) is 0. The fourth-order valence-electron chi connectivity index (χ4n) is 2.84. The minimum Gasteiger partial charge on any atom is -0.353 e. The summed E-state index contributed by atoms with van der Waals surface area (Å²) in [5.74, 6) is 0.129. The molecule has 1 unspecified atom stereocenters. The molecule has 0 radical (unpaired) electrons. The standard InChI is InChI=1S/C20H24N4O2S/c1-4-14(3)24-19(26)18-16(10-13(2)22-18)23-20(24)27-12-17(25)21-11-15-8-6-5-7-9-15/h5-10,14,22H,4,11-12H2,1-3H3,(H,21,25). The maximum atomic E-state index is 12.9. The van der Waals surface area contributed by atoms with Gasteiger partial charge in [0.1, 0.15) is 5.52 Å². The van der Waals surface area contributed by atoms with Crippen LogP contribution in [0.5, 0.6) is 0 Å². The third kappa shape index (κ3) is 4.42. The van der Waals surface area contributed by atoms with Gasteiger partial charge in [0, 0.05) is 18.3 Å². The molecule has 0 fully saturated rings. The Hall–Kier alpha value is -2.54. The smallest absolute Gasteiger partial charge is 0.278 e. The predicted molar refractivity (Wildman–Crippen MR) is 109 cm³/mol. The number of thioether (sulfide) groups is 1. The van der Waals surface area contributed by atoms with Crippen molar-refractivity contribution in [2.45, 2.75) is 44.9 Å². The van der Waals surface area contributed by atoms with E-state index in [1.54, 1.807) is 4.57 Å². The van der Waals surface area contributed by atoms with Gasteiger partial charge in [0.2, 0.25) is 5.91 Å². The van der Waals surface area contributed by atoms with Crippen LogP contribution in [0.2, 0.25) is 0 Å². The van der Waals surface area contributed by atoms with E-state index in [1.165, 1.54) is 11.8 Å². The Kier molecular flexibility index (Phi) is 6.01. The first-order valence-corrected chi connectivity index (χ1v) is 10.0. The lowest BCUT2D eigenvalue weighted by atomic mass is 10.2. The van der Waals surface area contributed by atoms with Gasteiger partial charge in [-0.2, -0.15) is 0 Å². The molecule has 0 aliphatic carbocycles. The fourth-order valence-corrected chi connectivity index (χ4v) is 3.77. The highest BCUT2D eigenvalue weighted by Crippen LogP contribution is 2.22. The summed E-state index contributed by atoms with van der Waals surface area (Å²) in [5, 5.41) is 3.49. The third-order valence-electron chi connectivity index (χ3n) is 4.48. The molecule has 2 aromatic heterocycles. The van der Waals surface area contributed by atoms with Crippen molar-refractivity contribution in [3.05, 3.63) is 58.0 Å². The van der Waals surface area contributed by atoms with Gasteiger partial charge in [-0.25, -0.2) is 4.98 Å². The van der Waals surface area contributed by atoms with Gasteiger partial charge in [0.25, 0.3) is 5.56 Å². The Bertz CT molecular complexity index is 994. The molecule has 7 heteroatoms. The number of H-pyrrole nitrogens is 1. The molecule has 1 aromatic carbocycles. The highest BCUT2D eigenvalue weighted by atomic mass is 32.2. The summed E-state index contributed by atoms with van der Waals surface area (Å²) in [5.41, 5.74) is 3.02. The highest BCUT2D eigenvalue weighted by molar-refractivity contribution is 7.99. The molecular weight excluding hydrogens is 360 g/mol. The number of nitrogens with one attached hydrogen (secondary N) is 2.